The second-order valence-electron chi connectivity index (χ2n) is 3.35. The van der Waals surface area contributed by atoms with Crippen LogP contribution in [-0.4, -0.2) is 10.9 Å². The van der Waals surface area contributed by atoms with E-state index in [-0.39, 0.29) is 0 Å². The molecule has 0 spiro atoms. The van der Waals surface area contributed by atoms with Crippen LogP contribution in [0.3, 0.4) is 0 Å². The molecule has 2 rings (SSSR count). The van der Waals surface area contributed by atoms with E-state index in [2.05, 4.69) is 28.7 Å². The molecule has 0 bridgehead atoms. The maximum atomic E-state index is 5.66. The molecule has 0 radical (unpaired) electrons. The number of hydrogen-bond donors (Lipinski definition) is 0. The molecule has 0 unspecified atom stereocenters. The Hall–Kier alpha value is -0.380. The Morgan fingerprint density at radius 1 is 1.40 bits per heavy atom. The Balaban J connectivity index is 2.17. The van der Waals surface area contributed by atoms with Crippen LogP contribution in [0, 0.1) is 6.92 Å². The number of alkyl halides is 1. The molecule has 80 valence electrons. The Morgan fingerprint density at radius 3 is 2.93 bits per heavy atom. The minimum Gasteiger partial charge on any atom is -0.240 e. The molecule has 2 aromatic heterocycles. The molecule has 15 heavy (non-hydrogen) atoms. The summed E-state index contributed by atoms with van der Waals surface area (Å²) in [6.07, 6.45) is 2.01. The molecule has 0 atom stereocenters. The number of thiophene rings is 1. The van der Waals surface area contributed by atoms with Gasteiger partial charge in [0.2, 0.25) is 0 Å². The second-order valence-corrected chi connectivity index (χ2v) is 5.59. The van der Waals surface area contributed by atoms with Crippen LogP contribution in [0.1, 0.15) is 17.0 Å². The standard InChI is InChI=1S/C11H12ClNS2/c1-8-4-6-14-11(8)9-7-15-10(13-9)3-2-5-12/h4,6-7H,2-3,5H2,1H3. The monoisotopic (exact) mass is 257 g/mol. The van der Waals surface area contributed by atoms with Crippen LogP contribution in [0.4, 0.5) is 0 Å². The zero-order valence-corrected chi connectivity index (χ0v) is 10.9. The lowest BCUT2D eigenvalue weighted by molar-refractivity contribution is 0.916. The van der Waals surface area contributed by atoms with Crippen molar-refractivity contribution in [2.45, 2.75) is 19.8 Å². The first-order chi connectivity index (χ1) is 7.31. The minimum atomic E-state index is 0.715. The van der Waals surface area contributed by atoms with E-state index in [9.17, 15) is 0 Å². The third-order valence-electron chi connectivity index (χ3n) is 2.17. The number of nitrogens with zero attached hydrogens (tertiary/aromatic N) is 1. The summed E-state index contributed by atoms with van der Waals surface area (Å²) in [5.74, 6) is 0.715. The van der Waals surface area contributed by atoms with E-state index in [4.69, 9.17) is 11.6 Å². The van der Waals surface area contributed by atoms with Crippen molar-refractivity contribution in [1.29, 1.82) is 0 Å². The Bertz CT molecular complexity index is 433. The van der Waals surface area contributed by atoms with Gasteiger partial charge in [-0.2, -0.15) is 0 Å². The van der Waals surface area contributed by atoms with Gasteiger partial charge in [0.15, 0.2) is 0 Å². The van der Waals surface area contributed by atoms with Crippen LogP contribution in [-0.2, 0) is 6.42 Å². The number of rotatable bonds is 4. The molecule has 0 N–H and O–H groups in total. The number of aromatic nitrogens is 1. The van der Waals surface area contributed by atoms with E-state index in [1.165, 1.54) is 15.4 Å². The zero-order valence-electron chi connectivity index (χ0n) is 8.50. The van der Waals surface area contributed by atoms with Crippen molar-refractivity contribution in [3.63, 3.8) is 0 Å². The van der Waals surface area contributed by atoms with E-state index in [0.29, 0.717) is 5.88 Å². The van der Waals surface area contributed by atoms with Gasteiger partial charge in [0, 0.05) is 17.7 Å². The number of hydrogen-bond acceptors (Lipinski definition) is 3. The Kier molecular flexibility index (Phi) is 3.78. The molecule has 0 saturated carbocycles. The highest BCUT2D eigenvalue weighted by Crippen LogP contribution is 2.30. The van der Waals surface area contributed by atoms with Crippen LogP contribution < -0.4 is 0 Å². The van der Waals surface area contributed by atoms with Gasteiger partial charge in [0.1, 0.15) is 0 Å². The number of thiazole rings is 1. The van der Waals surface area contributed by atoms with Gasteiger partial charge in [-0.05, 0) is 30.4 Å². The van der Waals surface area contributed by atoms with E-state index >= 15 is 0 Å². The molecule has 2 heterocycles. The van der Waals surface area contributed by atoms with Crippen molar-refractivity contribution in [2.75, 3.05) is 5.88 Å². The first-order valence-corrected chi connectivity index (χ1v) is 7.15. The topological polar surface area (TPSA) is 12.9 Å². The van der Waals surface area contributed by atoms with Gasteiger partial charge in [-0.25, -0.2) is 4.98 Å². The van der Waals surface area contributed by atoms with Crippen molar-refractivity contribution < 1.29 is 0 Å². The molecule has 0 aromatic carbocycles. The lowest BCUT2D eigenvalue weighted by atomic mass is 10.2. The molecule has 0 amide bonds. The average molecular weight is 258 g/mol. The zero-order chi connectivity index (χ0) is 10.7. The van der Waals surface area contributed by atoms with E-state index in [0.717, 1.165) is 18.5 Å². The fourth-order valence-electron chi connectivity index (χ4n) is 1.38. The summed E-state index contributed by atoms with van der Waals surface area (Å²) in [7, 11) is 0. The first kappa shape index (κ1) is 11.1. The fraction of sp³-hybridized carbons (Fsp3) is 0.364. The molecule has 0 fully saturated rings. The molecule has 4 heteroatoms. The molecule has 2 aromatic rings. The lowest BCUT2D eigenvalue weighted by Gasteiger charge is -1.93. The van der Waals surface area contributed by atoms with Gasteiger partial charge in [-0.1, -0.05) is 0 Å². The third kappa shape index (κ3) is 2.60. The van der Waals surface area contributed by atoms with Crippen molar-refractivity contribution in [2.24, 2.45) is 0 Å². The predicted octanol–water partition coefficient (Wildman–Crippen LogP) is 4.35. The number of halogens is 1. The normalized spacial score (nSPS) is 10.8. The minimum absolute atomic E-state index is 0.715. The van der Waals surface area contributed by atoms with Crippen LogP contribution in [0.25, 0.3) is 10.6 Å². The van der Waals surface area contributed by atoms with Crippen molar-refractivity contribution in [1.82, 2.24) is 4.98 Å². The lowest BCUT2D eigenvalue weighted by Crippen LogP contribution is -1.85. The summed E-state index contributed by atoms with van der Waals surface area (Å²) in [5, 5.41) is 5.45. The van der Waals surface area contributed by atoms with E-state index < -0.39 is 0 Å². The third-order valence-corrected chi connectivity index (χ3v) is 4.39. The summed E-state index contributed by atoms with van der Waals surface area (Å²) in [6.45, 7) is 2.13. The molecular formula is C11H12ClNS2. The summed E-state index contributed by atoms with van der Waals surface area (Å²) >= 11 is 9.15. The molecule has 0 aliphatic carbocycles. The van der Waals surface area contributed by atoms with E-state index in [1.54, 1.807) is 22.7 Å². The van der Waals surface area contributed by atoms with Gasteiger partial charge < -0.3 is 0 Å². The molecule has 0 saturated heterocycles. The Morgan fingerprint density at radius 2 is 2.27 bits per heavy atom. The van der Waals surface area contributed by atoms with Crippen LogP contribution >= 0.6 is 34.3 Å². The highest BCUT2D eigenvalue weighted by Gasteiger charge is 2.07. The quantitative estimate of drug-likeness (QED) is 0.742. The highest BCUT2D eigenvalue weighted by atomic mass is 35.5. The SMILES string of the molecule is Cc1ccsc1-c1csc(CCCCl)n1. The van der Waals surface area contributed by atoms with Crippen LogP contribution in [0.2, 0.25) is 0 Å². The van der Waals surface area contributed by atoms with E-state index in [1.807, 2.05) is 0 Å². The maximum absolute atomic E-state index is 5.66. The van der Waals surface area contributed by atoms with Gasteiger partial charge in [-0.3, -0.25) is 0 Å². The van der Waals surface area contributed by atoms with Gasteiger partial charge in [-0.15, -0.1) is 34.3 Å². The van der Waals surface area contributed by atoms with Gasteiger partial charge in [0.25, 0.3) is 0 Å². The summed E-state index contributed by atoms with van der Waals surface area (Å²) in [4.78, 5) is 5.92. The largest absolute Gasteiger partial charge is 0.240 e. The van der Waals surface area contributed by atoms with Gasteiger partial charge in [0.05, 0.1) is 15.6 Å². The highest BCUT2D eigenvalue weighted by molar-refractivity contribution is 7.14. The summed E-state index contributed by atoms with van der Waals surface area (Å²) in [6, 6.07) is 2.14. The van der Waals surface area contributed by atoms with Crippen molar-refractivity contribution in [3.8, 4) is 10.6 Å². The fourth-order valence-corrected chi connectivity index (χ4v) is 3.31. The van der Waals surface area contributed by atoms with Crippen LogP contribution in [0.5, 0.6) is 0 Å². The molecular weight excluding hydrogens is 246 g/mol. The van der Waals surface area contributed by atoms with Gasteiger partial charge >= 0.3 is 0 Å². The molecule has 0 aliphatic rings. The van der Waals surface area contributed by atoms with Crippen LogP contribution in [0.15, 0.2) is 16.8 Å². The average Bonchev–Trinajstić information content (AvgIpc) is 2.83. The first-order valence-electron chi connectivity index (χ1n) is 4.86. The smallest absolute Gasteiger partial charge is 0.0933 e. The molecule has 0 aliphatic heterocycles. The Labute approximate surface area is 103 Å². The van der Waals surface area contributed by atoms with Crippen molar-refractivity contribution in [3.05, 3.63) is 27.4 Å². The maximum Gasteiger partial charge on any atom is 0.0933 e. The summed E-state index contributed by atoms with van der Waals surface area (Å²) < 4.78 is 0. The predicted molar refractivity (Wildman–Crippen MR) is 69.2 cm³/mol. The number of aryl methyl sites for hydroxylation is 2. The summed E-state index contributed by atoms with van der Waals surface area (Å²) in [5.41, 5.74) is 2.44. The van der Waals surface area contributed by atoms with Crippen molar-refractivity contribution >= 4 is 34.3 Å². The second kappa shape index (κ2) is 5.10. The molecule has 1 nitrogen and oxygen atoms in total.